The second kappa shape index (κ2) is 7.26. The molecule has 1 N–H and O–H groups in total. The van der Waals surface area contributed by atoms with Crippen molar-refractivity contribution in [2.45, 2.75) is 46.6 Å². The Kier molecular flexibility index (Phi) is 6.75. The van der Waals surface area contributed by atoms with Crippen LogP contribution in [0.5, 0.6) is 0 Å². The van der Waals surface area contributed by atoms with Gasteiger partial charge in [0.25, 0.3) is 0 Å². The van der Waals surface area contributed by atoms with E-state index in [1.54, 1.807) is 4.90 Å². The molecule has 0 saturated carbocycles. The molecule has 0 aliphatic heterocycles. The van der Waals surface area contributed by atoms with Crippen LogP contribution in [0.1, 0.15) is 40.5 Å². The van der Waals surface area contributed by atoms with Gasteiger partial charge in [-0.15, -0.1) is 0 Å². The number of nitrogens with one attached hydrogen (secondary N) is 1. The zero-order valence-corrected chi connectivity index (χ0v) is 10.2. The van der Waals surface area contributed by atoms with Gasteiger partial charge in [0.15, 0.2) is 0 Å². The van der Waals surface area contributed by atoms with E-state index in [1.165, 1.54) is 6.92 Å². The van der Waals surface area contributed by atoms with Gasteiger partial charge in [-0.1, -0.05) is 6.92 Å². The van der Waals surface area contributed by atoms with Crippen molar-refractivity contribution in [3.63, 3.8) is 0 Å². The summed E-state index contributed by atoms with van der Waals surface area (Å²) in [5, 5.41) is 2.80. The number of amides is 2. The predicted octanol–water partition coefficient (Wildman–Crippen LogP) is 1.16. The Hall–Kier alpha value is -1.06. The number of nitrogens with zero attached hydrogens (tertiary/aromatic N) is 1. The first-order valence-electron chi connectivity index (χ1n) is 5.52. The molecule has 0 unspecified atom stereocenters. The summed E-state index contributed by atoms with van der Waals surface area (Å²) in [6, 6.07) is 0.162. The predicted molar refractivity (Wildman–Crippen MR) is 60.4 cm³/mol. The molecule has 4 heteroatoms. The highest BCUT2D eigenvalue weighted by molar-refractivity contribution is 5.78. The molecule has 0 atom stereocenters. The molecule has 15 heavy (non-hydrogen) atoms. The summed E-state index contributed by atoms with van der Waals surface area (Å²) < 4.78 is 0. The number of carbonyl (C=O) groups is 2. The SMILES string of the molecule is CCCN(CCC(=O)NC(C)C)C(C)=O. The summed E-state index contributed by atoms with van der Waals surface area (Å²) in [5.74, 6) is 0.0431. The van der Waals surface area contributed by atoms with Gasteiger partial charge in [0.1, 0.15) is 0 Å². The smallest absolute Gasteiger partial charge is 0.221 e. The van der Waals surface area contributed by atoms with Crippen LogP contribution in [0.3, 0.4) is 0 Å². The van der Waals surface area contributed by atoms with E-state index in [0.29, 0.717) is 13.0 Å². The van der Waals surface area contributed by atoms with E-state index >= 15 is 0 Å². The van der Waals surface area contributed by atoms with E-state index in [4.69, 9.17) is 0 Å². The van der Waals surface area contributed by atoms with Crippen molar-refractivity contribution in [2.24, 2.45) is 0 Å². The standard InChI is InChI=1S/C11H22N2O2/c1-5-7-13(10(4)14)8-6-11(15)12-9(2)3/h9H,5-8H2,1-4H3,(H,12,15). The van der Waals surface area contributed by atoms with E-state index in [2.05, 4.69) is 5.32 Å². The molecule has 0 aliphatic rings. The molecule has 0 aromatic rings. The van der Waals surface area contributed by atoms with Crippen LogP contribution >= 0.6 is 0 Å². The topological polar surface area (TPSA) is 49.4 Å². The number of hydrogen-bond donors (Lipinski definition) is 1. The van der Waals surface area contributed by atoms with Gasteiger partial charge in [-0.3, -0.25) is 9.59 Å². The molecule has 0 saturated heterocycles. The fourth-order valence-corrected chi connectivity index (χ4v) is 1.33. The third-order valence-corrected chi connectivity index (χ3v) is 2.00. The Morgan fingerprint density at radius 1 is 1.27 bits per heavy atom. The summed E-state index contributed by atoms with van der Waals surface area (Å²) in [4.78, 5) is 24.2. The normalized spacial score (nSPS) is 10.2. The maximum Gasteiger partial charge on any atom is 0.221 e. The van der Waals surface area contributed by atoms with Gasteiger partial charge in [-0.2, -0.15) is 0 Å². The molecule has 0 aromatic heterocycles. The van der Waals surface area contributed by atoms with Crippen LogP contribution < -0.4 is 5.32 Å². The lowest BCUT2D eigenvalue weighted by atomic mass is 10.3. The van der Waals surface area contributed by atoms with Crippen molar-refractivity contribution in [3.8, 4) is 0 Å². The molecular formula is C11H22N2O2. The van der Waals surface area contributed by atoms with Crippen LogP contribution in [-0.4, -0.2) is 35.8 Å². The van der Waals surface area contributed by atoms with E-state index in [0.717, 1.165) is 13.0 Å². The zero-order valence-electron chi connectivity index (χ0n) is 10.2. The second-order valence-electron chi connectivity index (χ2n) is 3.98. The van der Waals surface area contributed by atoms with Crippen LogP contribution in [-0.2, 0) is 9.59 Å². The van der Waals surface area contributed by atoms with E-state index in [-0.39, 0.29) is 17.9 Å². The number of hydrogen-bond acceptors (Lipinski definition) is 2. The minimum absolute atomic E-state index is 0.00681. The van der Waals surface area contributed by atoms with E-state index in [1.807, 2.05) is 20.8 Å². The lowest BCUT2D eigenvalue weighted by Gasteiger charge is -2.20. The third kappa shape index (κ3) is 6.94. The summed E-state index contributed by atoms with van der Waals surface area (Å²) in [6.07, 6.45) is 1.31. The average Bonchev–Trinajstić information content (AvgIpc) is 2.10. The van der Waals surface area contributed by atoms with Gasteiger partial charge in [-0.25, -0.2) is 0 Å². The molecular weight excluding hydrogens is 192 g/mol. The number of rotatable bonds is 6. The van der Waals surface area contributed by atoms with Gasteiger partial charge in [0, 0.05) is 32.5 Å². The Bertz CT molecular complexity index is 215. The lowest BCUT2D eigenvalue weighted by Crippen LogP contribution is -2.36. The van der Waals surface area contributed by atoms with E-state index < -0.39 is 0 Å². The van der Waals surface area contributed by atoms with Crippen molar-refractivity contribution in [3.05, 3.63) is 0 Å². The van der Waals surface area contributed by atoms with E-state index in [9.17, 15) is 9.59 Å². The maximum atomic E-state index is 11.3. The van der Waals surface area contributed by atoms with Gasteiger partial charge in [0.2, 0.25) is 11.8 Å². The molecule has 0 spiro atoms. The Morgan fingerprint density at radius 2 is 1.87 bits per heavy atom. The van der Waals surface area contributed by atoms with Gasteiger partial charge in [-0.05, 0) is 20.3 Å². The monoisotopic (exact) mass is 214 g/mol. The van der Waals surface area contributed by atoms with Gasteiger partial charge in [0.05, 0.1) is 0 Å². The molecule has 0 radical (unpaired) electrons. The van der Waals surface area contributed by atoms with Crippen LogP contribution in [0, 0.1) is 0 Å². The molecule has 0 heterocycles. The first-order valence-corrected chi connectivity index (χ1v) is 5.52. The fourth-order valence-electron chi connectivity index (χ4n) is 1.33. The van der Waals surface area contributed by atoms with Crippen molar-refractivity contribution in [1.82, 2.24) is 10.2 Å². The molecule has 2 amide bonds. The van der Waals surface area contributed by atoms with Crippen molar-refractivity contribution < 1.29 is 9.59 Å². The highest BCUT2D eigenvalue weighted by Gasteiger charge is 2.10. The first-order chi connectivity index (χ1) is 6.97. The summed E-state index contributed by atoms with van der Waals surface area (Å²) in [5.41, 5.74) is 0. The summed E-state index contributed by atoms with van der Waals surface area (Å²) in [7, 11) is 0. The van der Waals surface area contributed by atoms with Gasteiger partial charge >= 0.3 is 0 Å². The largest absolute Gasteiger partial charge is 0.354 e. The highest BCUT2D eigenvalue weighted by atomic mass is 16.2. The number of carbonyl (C=O) groups excluding carboxylic acids is 2. The van der Waals surface area contributed by atoms with Crippen molar-refractivity contribution in [1.29, 1.82) is 0 Å². The quantitative estimate of drug-likeness (QED) is 0.721. The Labute approximate surface area is 92.0 Å². The molecule has 0 aromatic carbocycles. The summed E-state index contributed by atoms with van der Waals surface area (Å²) >= 11 is 0. The molecule has 0 aliphatic carbocycles. The first kappa shape index (κ1) is 13.9. The molecule has 4 nitrogen and oxygen atoms in total. The minimum Gasteiger partial charge on any atom is -0.354 e. The summed E-state index contributed by atoms with van der Waals surface area (Å²) in [6.45, 7) is 8.64. The third-order valence-electron chi connectivity index (χ3n) is 2.00. The van der Waals surface area contributed by atoms with Crippen LogP contribution in [0.4, 0.5) is 0 Å². The van der Waals surface area contributed by atoms with Crippen LogP contribution in [0.25, 0.3) is 0 Å². The average molecular weight is 214 g/mol. The van der Waals surface area contributed by atoms with Crippen LogP contribution in [0.15, 0.2) is 0 Å². The molecule has 0 fully saturated rings. The zero-order chi connectivity index (χ0) is 11.8. The Balaban J connectivity index is 3.88. The second-order valence-corrected chi connectivity index (χ2v) is 3.98. The molecule has 0 rings (SSSR count). The molecule has 88 valence electrons. The van der Waals surface area contributed by atoms with Gasteiger partial charge < -0.3 is 10.2 Å². The van der Waals surface area contributed by atoms with Crippen molar-refractivity contribution >= 4 is 11.8 Å². The van der Waals surface area contributed by atoms with Crippen LogP contribution in [0.2, 0.25) is 0 Å². The lowest BCUT2D eigenvalue weighted by molar-refractivity contribution is -0.129. The molecule has 0 bridgehead atoms. The fraction of sp³-hybridized carbons (Fsp3) is 0.818. The maximum absolute atomic E-state index is 11.3. The highest BCUT2D eigenvalue weighted by Crippen LogP contribution is 1.95. The van der Waals surface area contributed by atoms with Crippen molar-refractivity contribution in [2.75, 3.05) is 13.1 Å². The Morgan fingerprint density at radius 3 is 2.27 bits per heavy atom. The minimum atomic E-state index is 0.00681.